The minimum Gasteiger partial charge on any atom is -0.253 e. The van der Waals surface area contributed by atoms with Gasteiger partial charge < -0.3 is 0 Å². The smallest absolute Gasteiger partial charge is 0.253 e. The van der Waals surface area contributed by atoms with Crippen molar-refractivity contribution in [1.29, 1.82) is 5.26 Å². The third-order valence-electron chi connectivity index (χ3n) is 2.69. The number of halogens is 4. The molecular weight excluding hydrogens is 272 g/mol. The Kier molecular flexibility index (Phi) is 3.70. The van der Waals surface area contributed by atoms with E-state index in [9.17, 15) is 17.6 Å². The van der Waals surface area contributed by atoms with Gasteiger partial charge in [-0.2, -0.15) is 18.4 Å². The monoisotopic (exact) mass is 280 g/mol. The maximum absolute atomic E-state index is 13.3. The first-order valence-electron chi connectivity index (χ1n) is 5.61. The topological polar surface area (TPSA) is 36.7 Å². The van der Waals surface area contributed by atoms with Crippen molar-refractivity contribution in [1.82, 2.24) is 4.98 Å². The van der Waals surface area contributed by atoms with E-state index in [4.69, 9.17) is 5.26 Å². The average molecular weight is 280 g/mol. The van der Waals surface area contributed by atoms with E-state index in [0.29, 0.717) is 0 Å². The van der Waals surface area contributed by atoms with Crippen LogP contribution in [0.1, 0.15) is 11.1 Å². The van der Waals surface area contributed by atoms with E-state index < -0.39 is 17.6 Å². The van der Waals surface area contributed by atoms with Gasteiger partial charge in [-0.25, -0.2) is 4.39 Å². The fraction of sp³-hybridized carbons (Fsp3) is 0.143. The standard InChI is InChI=1S/C14H8F4N2/c15-12-8-20-13(7-9(12)4-5-19)10-2-1-3-11(6-10)14(16,17)18/h1-3,6-8H,4H2. The Balaban J connectivity index is 2.47. The maximum Gasteiger partial charge on any atom is 0.416 e. The van der Waals surface area contributed by atoms with Gasteiger partial charge in [-0.15, -0.1) is 0 Å². The predicted octanol–water partition coefficient (Wildman–Crippen LogP) is 3.97. The Hall–Kier alpha value is -2.42. The molecule has 6 heteroatoms. The molecule has 20 heavy (non-hydrogen) atoms. The van der Waals surface area contributed by atoms with Gasteiger partial charge in [0.15, 0.2) is 0 Å². The molecule has 0 amide bonds. The number of hydrogen-bond donors (Lipinski definition) is 0. The van der Waals surface area contributed by atoms with Gasteiger partial charge in [0.1, 0.15) is 5.82 Å². The van der Waals surface area contributed by atoms with Crippen LogP contribution in [-0.4, -0.2) is 4.98 Å². The van der Waals surface area contributed by atoms with E-state index in [1.165, 1.54) is 18.2 Å². The van der Waals surface area contributed by atoms with E-state index in [2.05, 4.69) is 4.98 Å². The molecule has 0 N–H and O–H groups in total. The summed E-state index contributed by atoms with van der Waals surface area (Å²) in [6, 6.07) is 7.67. The first kappa shape index (κ1) is 14.0. The van der Waals surface area contributed by atoms with E-state index in [1.54, 1.807) is 6.07 Å². The van der Waals surface area contributed by atoms with Gasteiger partial charge >= 0.3 is 6.18 Å². The van der Waals surface area contributed by atoms with Crippen molar-refractivity contribution in [3.05, 3.63) is 53.5 Å². The Morgan fingerprint density at radius 2 is 1.95 bits per heavy atom. The summed E-state index contributed by atoms with van der Waals surface area (Å²) in [6.45, 7) is 0. The van der Waals surface area contributed by atoms with E-state index in [0.717, 1.165) is 18.3 Å². The highest BCUT2D eigenvalue weighted by Crippen LogP contribution is 2.31. The van der Waals surface area contributed by atoms with Crippen molar-refractivity contribution in [2.24, 2.45) is 0 Å². The number of alkyl halides is 3. The summed E-state index contributed by atoms with van der Waals surface area (Å²) >= 11 is 0. The lowest BCUT2D eigenvalue weighted by molar-refractivity contribution is -0.137. The molecule has 0 spiro atoms. The normalized spacial score (nSPS) is 11.2. The molecule has 0 atom stereocenters. The molecule has 0 radical (unpaired) electrons. The lowest BCUT2D eigenvalue weighted by Gasteiger charge is -2.09. The Bertz CT molecular complexity index is 672. The van der Waals surface area contributed by atoms with E-state index >= 15 is 0 Å². The molecule has 0 bridgehead atoms. The van der Waals surface area contributed by atoms with Crippen LogP contribution in [0, 0.1) is 17.1 Å². The molecule has 0 fully saturated rings. The predicted molar refractivity (Wildman–Crippen MR) is 64.0 cm³/mol. The second kappa shape index (κ2) is 5.29. The number of hydrogen-bond acceptors (Lipinski definition) is 2. The molecule has 0 aliphatic carbocycles. The molecule has 1 aromatic carbocycles. The first-order valence-corrected chi connectivity index (χ1v) is 5.61. The van der Waals surface area contributed by atoms with Crippen LogP contribution in [0.3, 0.4) is 0 Å². The minimum absolute atomic E-state index is 0.106. The van der Waals surface area contributed by atoms with Gasteiger partial charge in [-0.3, -0.25) is 4.98 Å². The Morgan fingerprint density at radius 1 is 1.20 bits per heavy atom. The molecule has 1 heterocycles. The number of nitriles is 1. The third kappa shape index (κ3) is 2.94. The fourth-order valence-electron chi connectivity index (χ4n) is 1.71. The first-order chi connectivity index (χ1) is 9.41. The lowest BCUT2D eigenvalue weighted by atomic mass is 10.0. The molecule has 102 valence electrons. The molecule has 0 aliphatic rings. The summed E-state index contributed by atoms with van der Waals surface area (Å²) < 4.78 is 51.2. The van der Waals surface area contributed by atoms with E-state index in [-0.39, 0.29) is 23.2 Å². The molecular formula is C14H8F4N2. The molecule has 0 saturated carbocycles. The number of pyridine rings is 1. The third-order valence-corrected chi connectivity index (χ3v) is 2.69. The highest BCUT2D eigenvalue weighted by Gasteiger charge is 2.30. The molecule has 2 aromatic rings. The van der Waals surface area contributed by atoms with Gasteiger partial charge in [0.25, 0.3) is 0 Å². The Labute approximate surface area is 112 Å². The Morgan fingerprint density at radius 3 is 2.60 bits per heavy atom. The zero-order valence-corrected chi connectivity index (χ0v) is 10.1. The summed E-state index contributed by atoms with van der Waals surface area (Å²) in [4.78, 5) is 3.76. The molecule has 0 unspecified atom stereocenters. The summed E-state index contributed by atoms with van der Waals surface area (Å²) in [7, 11) is 0. The molecule has 2 rings (SSSR count). The van der Waals surface area contributed by atoms with Crippen LogP contribution in [0.5, 0.6) is 0 Å². The second-order valence-electron chi connectivity index (χ2n) is 4.07. The van der Waals surface area contributed by atoms with Crippen LogP contribution in [0.25, 0.3) is 11.3 Å². The van der Waals surface area contributed by atoms with Crippen LogP contribution >= 0.6 is 0 Å². The molecule has 0 saturated heterocycles. The molecule has 1 aromatic heterocycles. The maximum atomic E-state index is 13.3. The van der Waals surface area contributed by atoms with Gasteiger partial charge in [-0.1, -0.05) is 12.1 Å². The SMILES string of the molecule is N#CCc1cc(-c2cccc(C(F)(F)F)c2)ncc1F. The average Bonchev–Trinajstić information content (AvgIpc) is 2.41. The van der Waals surface area contributed by atoms with Gasteiger partial charge in [0.2, 0.25) is 0 Å². The van der Waals surface area contributed by atoms with Crippen LogP contribution in [0.15, 0.2) is 36.5 Å². The van der Waals surface area contributed by atoms with Gasteiger partial charge in [0.05, 0.1) is 29.9 Å². The van der Waals surface area contributed by atoms with Crippen molar-refractivity contribution in [3.63, 3.8) is 0 Å². The van der Waals surface area contributed by atoms with Gasteiger partial charge in [0, 0.05) is 11.1 Å². The number of nitrogens with zero attached hydrogens (tertiary/aromatic N) is 2. The van der Waals surface area contributed by atoms with Crippen molar-refractivity contribution in [2.45, 2.75) is 12.6 Å². The van der Waals surface area contributed by atoms with Crippen LogP contribution in [0.2, 0.25) is 0 Å². The highest BCUT2D eigenvalue weighted by molar-refractivity contribution is 5.61. The summed E-state index contributed by atoms with van der Waals surface area (Å²) in [5.74, 6) is -0.651. The van der Waals surface area contributed by atoms with Crippen molar-refractivity contribution in [2.75, 3.05) is 0 Å². The molecule has 2 nitrogen and oxygen atoms in total. The van der Waals surface area contributed by atoms with Crippen LogP contribution in [-0.2, 0) is 12.6 Å². The fourth-order valence-corrected chi connectivity index (χ4v) is 1.71. The van der Waals surface area contributed by atoms with Gasteiger partial charge in [-0.05, 0) is 18.2 Å². The molecule has 0 aliphatic heterocycles. The number of rotatable bonds is 2. The summed E-state index contributed by atoms with van der Waals surface area (Å²) in [6.07, 6.45) is -3.71. The highest BCUT2D eigenvalue weighted by atomic mass is 19.4. The minimum atomic E-state index is -4.45. The number of aromatic nitrogens is 1. The van der Waals surface area contributed by atoms with E-state index in [1.807, 2.05) is 0 Å². The largest absolute Gasteiger partial charge is 0.416 e. The summed E-state index contributed by atoms with van der Waals surface area (Å²) in [5.41, 5.74) is -0.278. The summed E-state index contributed by atoms with van der Waals surface area (Å²) in [5, 5.41) is 8.57. The second-order valence-corrected chi connectivity index (χ2v) is 4.07. The van der Waals surface area contributed by atoms with Crippen molar-refractivity contribution < 1.29 is 17.6 Å². The van der Waals surface area contributed by atoms with Crippen LogP contribution in [0.4, 0.5) is 17.6 Å². The van der Waals surface area contributed by atoms with Crippen molar-refractivity contribution in [3.8, 4) is 17.3 Å². The zero-order valence-electron chi connectivity index (χ0n) is 10.1. The lowest BCUT2D eigenvalue weighted by Crippen LogP contribution is -2.04. The van der Waals surface area contributed by atoms with Crippen LogP contribution < -0.4 is 0 Å². The zero-order chi connectivity index (χ0) is 14.8. The van der Waals surface area contributed by atoms with Crippen molar-refractivity contribution >= 4 is 0 Å². The quantitative estimate of drug-likeness (QED) is 0.780. The number of benzene rings is 1.